The summed E-state index contributed by atoms with van der Waals surface area (Å²) in [6.45, 7) is 2.36. The molecule has 1 unspecified atom stereocenters. The molecule has 0 radical (unpaired) electrons. The van der Waals surface area contributed by atoms with Gasteiger partial charge in [0.2, 0.25) is 5.91 Å². The molecule has 1 fully saturated rings. The van der Waals surface area contributed by atoms with E-state index in [1.54, 1.807) is 13.0 Å². The number of nitrogens with zero attached hydrogens (tertiary/aromatic N) is 1. The number of hydrogen-bond acceptors (Lipinski definition) is 5. The van der Waals surface area contributed by atoms with E-state index in [0.29, 0.717) is 29.5 Å². The van der Waals surface area contributed by atoms with Crippen LogP contribution in [0.25, 0.3) is 0 Å². The molecule has 7 heteroatoms. The van der Waals surface area contributed by atoms with Gasteiger partial charge >= 0.3 is 0 Å². The Labute approximate surface area is 118 Å². The normalized spacial score (nSPS) is 20.9. The van der Waals surface area contributed by atoms with Crippen LogP contribution in [-0.2, 0) is 21.1 Å². The summed E-state index contributed by atoms with van der Waals surface area (Å²) in [6, 6.07) is 1.74. The fraction of sp³-hybridized carbons (Fsp3) is 0.692. The Balaban J connectivity index is 1.60. The first kappa shape index (κ1) is 15.0. The molecule has 1 aliphatic rings. The van der Waals surface area contributed by atoms with E-state index in [0.717, 1.165) is 19.3 Å². The van der Waals surface area contributed by atoms with Gasteiger partial charge in [0.25, 0.3) is 0 Å². The molecule has 0 bridgehead atoms. The number of amides is 1. The molecular weight excluding hydrogens is 280 g/mol. The summed E-state index contributed by atoms with van der Waals surface area (Å²) in [5.74, 6) is 1.48. The molecule has 0 saturated carbocycles. The maximum atomic E-state index is 11.6. The highest BCUT2D eigenvalue weighted by Crippen LogP contribution is 2.22. The minimum absolute atomic E-state index is 0.0858. The fourth-order valence-electron chi connectivity index (χ4n) is 2.45. The largest absolute Gasteiger partial charge is 0.361 e. The van der Waals surface area contributed by atoms with E-state index < -0.39 is 9.84 Å². The van der Waals surface area contributed by atoms with Gasteiger partial charge in [0.15, 0.2) is 9.84 Å². The van der Waals surface area contributed by atoms with Crippen LogP contribution in [0.2, 0.25) is 0 Å². The van der Waals surface area contributed by atoms with Crippen molar-refractivity contribution in [1.29, 1.82) is 0 Å². The maximum Gasteiger partial charge on any atom is 0.226 e. The first-order valence-corrected chi connectivity index (χ1v) is 8.66. The van der Waals surface area contributed by atoms with E-state index in [1.165, 1.54) is 0 Å². The van der Waals surface area contributed by atoms with Crippen LogP contribution in [0.3, 0.4) is 0 Å². The molecule has 20 heavy (non-hydrogen) atoms. The summed E-state index contributed by atoms with van der Waals surface area (Å²) in [5, 5.41) is 6.58. The van der Waals surface area contributed by atoms with Gasteiger partial charge in [-0.05, 0) is 32.1 Å². The van der Waals surface area contributed by atoms with Crippen LogP contribution in [0.15, 0.2) is 10.6 Å². The number of rotatable bonds is 6. The van der Waals surface area contributed by atoms with Crippen LogP contribution in [-0.4, -0.2) is 37.5 Å². The lowest BCUT2D eigenvalue weighted by molar-refractivity contribution is -0.120. The molecule has 112 valence electrons. The van der Waals surface area contributed by atoms with E-state index in [1.807, 2.05) is 0 Å². The molecule has 1 aromatic heterocycles. The second-order valence-corrected chi connectivity index (χ2v) is 7.60. The highest BCUT2D eigenvalue weighted by Gasteiger charge is 2.27. The molecule has 1 N–H and O–H groups in total. The number of carbonyl (C=O) groups is 1. The van der Waals surface area contributed by atoms with Crippen molar-refractivity contribution >= 4 is 15.7 Å². The van der Waals surface area contributed by atoms with Gasteiger partial charge in [0, 0.05) is 12.6 Å². The lowest BCUT2D eigenvalue weighted by Crippen LogP contribution is -2.26. The Morgan fingerprint density at radius 3 is 2.95 bits per heavy atom. The second kappa shape index (κ2) is 6.39. The summed E-state index contributed by atoms with van der Waals surface area (Å²) in [7, 11) is -2.79. The van der Waals surface area contributed by atoms with Crippen LogP contribution >= 0.6 is 0 Å². The predicted molar refractivity (Wildman–Crippen MR) is 73.9 cm³/mol. The lowest BCUT2D eigenvalue weighted by atomic mass is 10.0. The molecule has 1 atom stereocenters. The van der Waals surface area contributed by atoms with Crippen molar-refractivity contribution in [3.63, 3.8) is 0 Å². The van der Waals surface area contributed by atoms with Crippen molar-refractivity contribution in [3.8, 4) is 0 Å². The second-order valence-electron chi connectivity index (χ2n) is 5.37. The monoisotopic (exact) mass is 300 g/mol. The SMILES string of the molecule is Cc1cc(CC(=O)NCCCC2CCS(=O)(=O)C2)no1. The van der Waals surface area contributed by atoms with Crippen LogP contribution in [0.1, 0.15) is 30.7 Å². The number of hydrogen-bond donors (Lipinski definition) is 1. The van der Waals surface area contributed by atoms with Gasteiger partial charge in [-0.2, -0.15) is 0 Å². The summed E-state index contributed by atoms with van der Waals surface area (Å²) in [4.78, 5) is 11.6. The molecule has 6 nitrogen and oxygen atoms in total. The number of sulfone groups is 1. The van der Waals surface area contributed by atoms with E-state index in [9.17, 15) is 13.2 Å². The van der Waals surface area contributed by atoms with Crippen LogP contribution in [0.4, 0.5) is 0 Å². The van der Waals surface area contributed by atoms with Crippen molar-refractivity contribution in [2.75, 3.05) is 18.1 Å². The van der Waals surface area contributed by atoms with Crippen molar-refractivity contribution < 1.29 is 17.7 Å². The van der Waals surface area contributed by atoms with Gasteiger partial charge in [-0.15, -0.1) is 0 Å². The van der Waals surface area contributed by atoms with Crippen LogP contribution in [0.5, 0.6) is 0 Å². The zero-order valence-electron chi connectivity index (χ0n) is 11.6. The molecular formula is C13H20N2O4S. The molecule has 0 spiro atoms. The van der Waals surface area contributed by atoms with E-state index in [4.69, 9.17) is 4.52 Å². The third-order valence-corrected chi connectivity index (χ3v) is 5.29. The first-order chi connectivity index (χ1) is 9.44. The molecule has 1 aliphatic heterocycles. The Morgan fingerprint density at radius 1 is 1.55 bits per heavy atom. The summed E-state index contributed by atoms with van der Waals surface area (Å²) >= 11 is 0. The van der Waals surface area contributed by atoms with Crippen LogP contribution in [0, 0.1) is 12.8 Å². The molecule has 1 amide bonds. The van der Waals surface area contributed by atoms with Crippen LogP contribution < -0.4 is 5.32 Å². The standard InChI is InChI=1S/C13H20N2O4S/c1-10-7-12(15-19-10)8-13(16)14-5-2-3-11-4-6-20(17,18)9-11/h7,11H,2-6,8-9H2,1H3,(H,14,16). The van der Waals surface area contributed by atoms with E-state index in [2.05, 4.69) is 10.5 Å². The number of carbonyl (C=O) groups excluding carboxylic acids is 1. The zero-order valence-corrected chi connectivity index (χ0v) is 12.4. The third-order valence-electron chi connectivity index (χ3n) is 3.46. The van der Waals surface area contributed by atoms with Crippen molar-refractivity contribution in [2.24, 2.45) is 5.92 Å². The van der Waals surface area contributed by atoms with Gasteiger partial charge < -0.3 is 9.84 Å². The van der Waals surface area contributed by atoms with E-state index in [-0.39, 0.29) is 18.2 Å². The number of aryl methyl sites for hydroxylation is 1. The Bertz CT molecular complexity index is 565. The highest BCUT2D eigenvalue weighted by atomic mass is 32.2. The molecule has 1 aromatic rings. The summed E-state index contributed by atoms with van der Waals surface area (Å²) < 4.78 is 27.5. The Kier molecular flexibility index (Phi) is 4.80. The lowest BCUT2D eigenvalue weighted by Gasteiger charge is -2.07. The molecule has 1 saturated heterocycles. The number of nitrogens with one attached hydrogen (secondary N) is 1. The highest BCUT2D eigenvalue weighted by molar-refractivity contribution is 7.91. The molecule has 0 aromatic carbocycles. The average molecular weight is 300 g/mol. The van der Waals surface area contributed by atoms with Gasteiger partial charge in [-0.3, -0.25) is 4.79 Å². The van der Waals surface area contributed by atoms with Crippen molar-refractivity contribution in [1.82, 2.24) is 10.5 Å². The van der Waals surface area contributed by atoms with Gasteiger partial charge in [-0.25, -0.2) is 8.42 Å². The molecule has 2 rings (SSSR count). The minimum Gasteiger partial charge on any atom is -0.361 e. The van der Waals surface area contributed by atoms with E-state index >= 15 is 0 Å². The maximum absolute atomic E-state index is 11.6. The predicted octanol–water partition coefficient (Wildman–Crippen LogP) is 0.857. The Morgan fingerprint density at radius 2 is 2.35 bits per heavy atom. The van der Waals surface area contributed by atoms with Crippen molar-refractivity contribution in [3.05, 3.63) is 17.5 Å². The quantitative estimate of drug-likeness (QED) is 0.787. The van der Waals surface area contributed by atoms with Gasteiger partial charge in [0.1, 0.15) is 5.76 Å². The fourth-order valence-corrected chi connectivity index (χ4v) is 4.36. The molecule has 0 aliphatic carbocycles. The zero-order chi connectivity index (χ0) is 14.6. The topological polar surface area (TPSA) is 89.3 Å². The summed E-state index contributed by atoms with van der Waals surface area (Å²) in [6.07, 6.45) is 2.63. The average Bonchev–Trinajstić information content (AvgIpc) is 2.91. The summed E-state index contributed by atoms with van der Waals surface area (Å²) in [5.41, 5.74) is 0.627. The molecule has 2 heterocycles. The first-order valence-electron chi connectivity index (χ1n) is 6.84. The van der Waals surface area contributed by atoms with Gasteiger partial charge in [-0.1, -0.05) is 5.16 Å². The smallest absolute Gasteiger partial charge is 0.226 e. The van der Waals surface area contributed by atoms with Gasteiger partial charge in [0.05, 0.1) is 23.6 Å². The minimum atomic E-state index is -2.79. The van der Waals surface area contributed by atoms with Crippen molar-refractivity contribution in [2.45, 2.75) is 32.6 Å². The Hall–Kier alpha value is -1.37. The third kappa shape index (κ3) is 4.63. The number of aromatic nitrogens is 1.